The van der Waals surface area contributed by atoms with Crippen molar-refractivity contribution in [1.82, 2.24) is 14.9 Å². The molecule has 35 heavy (non-hydrogen) atoms. The van der Waals surface area contributed by atoms with Crippen molar-refractivity contribution < 1.29 is 14.3 Å². The number of carbonyl (C=O) groups excluding carboxylic acids is 1. The van der Waals surface area contributed by atoms with Gasteiger partial charge in [0.05, 0.1) is 24.8 Å². The molecule has 0 bridgehead atoms. The second-order valence-electron chi connectivity index (χ2n) is 8.48. The van der Waals surface area contributed by atoms with Crippen LogP contribution in [0, 0.1) is 0 Å². The molecule has 6 heteroatoms. The first-order valence-electron chi connectivity index (χ1n) is 12.3. The predicted molar refractivity (Wildman–Crippen MR) is 139 cm³/mol. The third-order valence-corrected chi connectivity index (χ3v) is 5.97. The molecule has 1 aromatic heterocycles. The van der Waals surface area contributed by atoms with Crippen LogP contribution in [0.15, 0.2) is 78.9 Å². The van der Waals surface area contributed by atoms with Crippen LogP contribution in [-0.4, -0.2) is 35.7 Å². The molecule has 0 radical (unpaired) electrons. The van der Waals surface area contributed by atoms with E-state index < -0.39 is 0 Å². The summed E-state index contributed by atoms with van der Waals surface area (Å²) in [7, 11) is 1.66. The summed E-state index contributed by atoms with van der Waals surface area (Å²) in [5.74, 6) is 2.72. The highest BCUT2D eigenvalue weighted by atomic mass is 16.5. The van der Waals surface area contributed by atoms with Crippen LogP contribution in [0.4, 0.5) is 0 Å². The summed E-state index contributed by atoms with van der Waals surface area (Å²) in [6, 6.07) is 25.3. The monoisotopic (exact) mass is 471 g/mol. The van der Waals surface area contributed by atoms with Crippen molar-refractivity contribution in [2.75, 3.05) is 20.3 Å². The zero-order valence-electron chi connectivity index (χ0n) is 20.3. The largest absolute Gasteiger partial charge is 0.497 e. The van der Waals surface area contributed by atoms with Gasteiger partial charge in [0, 0.05) is 31.1 Å². The van der Waals surface area contributed by atoms with E-state index in [2.05, 4.69) is 28.1 Å². The Morgan fingerprint density at radius 1 is 0.886 bits per heavy atom. The molecule has 1 heterocycles. The second kappa shape index (κ2) is 12.6. The van der Waals surface area contributed by atoms with Gasteiger partial charge in [-0.1, -0.05) is 42.8 Å². The van der Waals surface area contributed by atoms with Crippen LogP contribution in [0.1, 0.15) is 41.9 Å². The van der Waals surface area contributed by atoms with E-state index in [-0.39, 0.29) is 5.91 Å². The van der Waals surface area contributed by atoms with Crippen molar-refractivity contribution in [3.63, 3.8) is 0 Å². The van der Waals surface area contributed by atoms with Gasteiger partial charge in [0.15, 0.2) is 0 Å². The quantitative estimate of drug-likeness (QED) is 0.256. The second-order valence-corrected chi connectivity index (χ2v) is 8.48. The lowest BCUT2D eigenvalue weighted by molar-refractivity contribution is 0.0953. The number of fused-ring (bicyclic) bond motifs is 1. The zero-order valence-corrected chi connectivity index (χ0v) is 20.3. The normalized spacial score (nSPS) is 10.9. The highest BCUT2D eigenvalue weighted by Gasteiger charge is 2.10. The molecule has 0 saturated heterocycles. The fourth-order valence-corrected chi connectivity index (χ4v) is 4.15. The first-order chi connectivity index (χ1) is 17.2. The van der Waals surface area contributed by atoms with Crippen molar-refractivity contribution in [2.24, 2.45) is 0 Å². The molecule has 1 N–H and O–H groups in total. The fourth-order valence-electron chi connectivity index (χ4n) is 4.15. The molecule has 1 amide bonds. The summed E-state index contributed by atoms with van der Waals surface area (Å²) in [5.41, 5.74) is 2.90. The number of hydrogen-bond acceptors (Lipinski definition) is 4. The van der Waals surface area contributed by atoms with Gasteiger partial charge < -0.3 is 19.4 Å². The van der Waals surface area contributed by atoms with E-state index >= 15 is 0 Å². The first kappa shape index (κ1) is 24.3. The number of aromatic nitrogens is 2. The summed E-state index contributed by atoms with van der Waals surface area (Å²) in [6.45, 7) is 2.17. The van der Waals surface area contributed by atoms with Crippen LogP contribution >= 0.6 is 0 Å². The van der Waals surface area contributed by atoms with Crippen LogP contribution in [0.2, 0.25) is 0 Å². The van der Waals surface area contributed by atoms with Crippen molar-refractivity contribution in [3.8, 4) is 11.5 Å². The number of hydrogen-bond donors (Lipinski definition) is 1. The van der Waals surface area contributed by atoms with Crippen molar-refractivity contribution >= 4 is 16.9 Å². The summed E-state index contributed by atoms with van der Waals surface area (Å²) >= 11 is 0. The average Bonchev–Trinajstić information content (AvgIpc) is 3.26. The zero-order chi connectivity index (χ0) is 24.3. The lowest BCUT2D eigenvalue weighted by Crippen LogP contribution is -2.24. The number of carbonyl (C=O) groups is 1. The topological polar surface area (TPSA) is 65.4 Å². The number of benzene rings is 3. The maximum absolute atomic E-state index is 12.1. The molecule has 0 unspecified atom stereocenters. The van der Waals surface area contributed by atoms with Crippen LogP contribution in [-0.2, 0) is 13.0 Å². The van der Waals surface area contributed by atoms with Crippen molar-refractivity contribution in [1.29, 1.82) is 0 Å². The van der Waals surface area contributed by atoms with Crippen LogP contribution in [0.3, 0.4) is 0 Å². The summed E-state index contributed by atoms with van der Waals surface area (Å²) < 4.78 is 13.5. The Bertz CT molecular complexity index is 1220. The van der Waals surface area contributed by atoms with E-state index in [9.17, 15) is 4.79 Å². The molecule has 4 rings (SSSR count). The third-order valence-electron chi connectivity index (χ3n) is 5.97. The molecule has 0 aliphatic heterocycles. The molecule has 0 atom stereocenters. The molecular weight excluding hydrogens is 438 g/mol. The van der Waals surface area contributed by atoms with Gasteiger partial charge in [-0.05, 0) is 55.7 Å². The van der Waals surface area contributed by atoms with Crippen molar-refractivity contribution in [3.05, 3.63) is 90.3 Å². The van der Waals surface area contributed by atoms with Gasteiger partial charge in [0.25, 0.3) is 5.91 Å². The number of imidazole rings is 1. The average molecular weight is 472 g/mol. The maximum atomic E-state index is 12.1. The molecule has 4 aromatic rings. The number of amides is 1. The molecule has 3 aromatic carbocycles. The lowest BCUT2D eigenvalue weighted by Gasteiger charge is -2.11. The SMILES string of the molecule is COc1cccc(OCCCn2c(CCCCCNC(=O)c3ccccc3)nc3ccccc32)c1. The van der Waals surface area contributed by atoms with E-state index in [1.165, 1.54) is 5.52 Å². The number of nitrogens with one attached hydrogen (secondary N) is 1. The Hall–Kier alpha value is -3.80. The van der Waals surface area contributed by atoms with E-state index in [4.69, 9.17) is 14.5 Å². The number of ether oxygens (including phenoxy) is 2. The summed E-state index contributed by atoms with van der Waals surface area (Å²) in [4.78, 5) is 17.0. The van der Waals surface area contributed by atoms with Crippen LogP contribution in [0.25, 0.3) is 11.0 Å². The molecule has 0 aliphatic carbocycles. The smallest absolute Gasteiger partial charge is 0.251 e. The first-order valence-corrected chi connectivity index (χ1v) is 12.3. The minimum atomic E-state index is -0.0106. The Kier molecular flexibility index (Phi) is 8.76. The third kappa shape index (κ3) is 6.85. The highest BCUT2D eigenvalue weighted by molar-refractivity contribution is 5.94. The Balaban J connectivity index is 1.25. The lowest BCUT2D eigenvalue weighted by atomic mass is 10.1. The van der Waals surface area contributed by atoms with E-state index in [1.54, 1.807) is 7.11 Å². The number of rotatable bonds is 13. The van der Waals surface area contributed by atoms with Crippen molar-refractivity contribution in [2.45, 2.75) is 38.6 Å². The number of nitrogens with zero attached hydrogens (tertiary/aromatic N) is 2. The van der Waals surface area contributed by atoms with Gasteiger partial charge in [-0.25, -0.2) is 4.98 Å². The molecule has 0 saturated carbocycles. The van der Waals surface area contributed by atoms with Gasteiger partial charge in [-0.2, -0.15) is 0 Å². The minimum Gasteiger partial charge on any atom is -0.497 e. The fraction of sp³-hybridized carbons (Fsp3) is 0.310. The van der Waals surface area contributed by atoms with E-state index in [0.717, 1.165) is 61.5 Å². The van der Waals surface area contributed by atoms with Gasteiger partial charge in [0.1, 0.15) is 17.3 Å². The Labute approximate surface area is 206 Å². The van der Waals surface area contributed by atoms with Crippen LogP contribution in [0.5, 0.6) is 11.5 Å². The molecule has 0 aliphatic rings. The number of methoxy groups -OCH3 is 1. The molecule has 0 fully saturated rings. The molecular formula is C29H33N3O3. The minimum absolute atomic E-state index is 0.0106. The maximum Gasteiger partial charge on any atom is 0.251 e. The molecule has 182 valence electrons. The predicted octanol–water partition coefficient (Wildman–Crippen LogP) is 5.66. The molecule has 0 spiro atoms. The highest BCUT2D eigenvalue weighted by Crippen LogP contribution is 2.20. The van der Waals surface area contributed by atoms with E-state index in [1.807, 2.05) is 60.7 Å². The van der Waals surface area contributed by atoms with Gasteiger partial charge in [-0.15, -0.1) is 0 Å². The number of para-hydroxylation sites is 2. The van der Waals surface area contributed by atoms with Crippen LogP contribution < -0.4 is 14.8 Å². The molecule has 6 nitrogen and oxygen atoms in total. The van der Waals surface area contributed by atoms with Gasteiger partial charge >= 0.3 is 0 Å². The summed E-state index contributed by atoms with van der Waals surface area (Å²) in [6.07, 6.45) is 4.82. The Morgan fingerprint density at radius 2 is 1.69 bits per heavy atom. The standard InChI is InChI=1S/C29H33N3O3/c1-34-24-14-10-15-25(22-24)35-21-11-20-32-27-17-8-7-16-26(27)31-28(32)18-6-3-9-19-30-29(33)23-12-4-2-5-13-23/h2,4-5,7-8,10,12-17,22H,3,6,9,11,18-21H2,1H3,(H,30,33). The Morgan fingerprint density at radius 3 is 2.54 bits per heavy atom. The number of unbranched alkanes of at least 4 members (excludes halogenated alkanes) is 2. The van der Waals surface area contributed by atoms with Gasteiger partial charge in [-0.3, -0.25) is 4.79 Å². The van der Waals surface area contributed by atoms with Gasteiger partial charge in [0.2, 0.25) is 0 Å². The number of aryl methyl sites for hydroxylation is 2. The van der Waals surface area contributed by atoms with E-state index in [0.29, 0.717) is 18.7 Å². The summed E-state index contributed by atoms with van der Waals surface area (Å²) in [5, 5.41) is 3.00.